The number of amides is 1. The molecule has 1 aromatic heterocycles. The molecular weight excluding hydrogens is 498 g/mol. The third-order valence-electron chi connectivity index (χ3n) is 5.96. The first-order valence-corrected chi connectivity index (χ1v) is 12.8. The van der Waals surface area contributed by atoms with Crippen molar-refractivity contribution in [2.75, 3.05) is 31.6 Å². The lowest BCUT2D eigenvalue weighted by Crippen LogP contribution is -2.30. The number of rotatable bonds is 11. The van der Waals surface area contributed by atoms with Crippen molar-refractivity contribution in [1.29, 1.82) is 0 Å². The van der Waals surface area contributed by atoms with Gasteiger partial charge >= 0.3 is 0 Å². The maximum atomic E-state index is 12.2. The summed E-state index contributed by atoms with van der Waals surface area (Å²) in [6.07, 6.45) is 3.90. The molecule has 1 heterocycles. The van der Waals surface area contributed by atoms with Crippen LogP contribution in [0.5, 0.6) is 17.2 Å². The first-order valence-electron chi connectivity index (χ1n) is 12.0. The smallest absolute Gasteiger partial charge is 0.252 e. The Hall–Kier alpha value is -3.14. The fourth-order valence-corrected chi connectivity index (χ4v) is 4.23. The Kier molecular flexibility index (Phi) is 8.45. The number of benzene rings is 2. The number of likely N-dealkylation sites (N-methyl/N-ethyl adjacent to an activating group) is 1. The van der Waals surface area contributed by atoms with Gasteiger partial charge in [-0.15, -0.1) is 0 Å². The molecular formula is C26H30ClN5O3S. The molecule has 0 aliphatic heterocycles. The summed E-state index contributed by atoms with van der Waals surface area (Å²) in [4.78, 5) is 18.9. The Morgan fingerprint density at radius 3 is 2.64 bits per heavy atom. The largest absolute Gasteiger partial charge is 0.491 e. The molecule has 36 heavy (non-hydrogen) atoms. The highest BCUT2D eigenvalue weighted by Crippen LogP contribution is 2.35. The van der Waals surface area contributed by atoms with Crippen LogP contribution in [0.1, 0.15) is 37.0 Å². The van der Waals surface area contributed by atoms with Crippen molar-refractivity contribution >= 4 is 51.4 Å². The van der Waals surface area contributed by atoms with Crippen molar-refractivity contribution in [3.8, 4) is 17.2 Å². The van der Waals surface area contributed by atoms with E-state index in [2.05, 4.69) is 34.4 Å². The Bertz CT molecular complexity index is 1260. The number of primary amides is 1. The summed E-state index contributed by atoms with van der Waals surface area (Å²) in [5.41, 5.74) is 7.25. The van der Waals surface area contributed by atoms with Crippen LogP contribution < -0.4 is 25.8 Å². The highest BCUT2D eigenvalue weighted by atomic mass is 35.5. The van der Waals surface area contributed by atoms with Gasteiger partial charge in [0.25, 0.3) is 5.91 Å². The molecule has 4 N–H and O–H groups in total. The molecule has 1 aliphatic rings. The number of anilines is 1. The lowest BCUT2D eigenvalue weighted by atomic mass is 10.1. The summed E-state index contributed by atoms with van der Waals surface area (Å²) in [5.74, 6) is 0.860. The van der Waals surface area contributed by atoms with Crippen molar-refractivity contribution in [3.63, 3.8) is 0 Å². The van der Waals surface area contributed by atoms with Crippen LogP contribution in [0.25, 0.3) is 10.9 Å². The van der Waals surface area contributed by atoms with E-state index in [9.17, 15) is 4.79 Å². The van der Waals surface area contributed by atoms with Gasteiger partial charge in [-0.1, -0.05) is 25.4 Å². The summed E-state index contributed by atoms with van der Waals surface area (Å²) >= 11 is 11.8. The summed E-state index contributed by atoms with van der Waals surface area (Å²) in [7, 11) is 0. The van der Waals surface area contributed by atoms with E-state index in [1.54, 1.807) is 42.6 Å². The zero-order chi connectivity index (χ0) is 25.7. The number of hydrogen-bond donors (Lipinski definition) is 3. The number of nitrogens with one attached hydrogen (secondary N) is 2. The number of fused-ring (bicyclic) bond motifs is 1. The van der Waals surface area contributed by atoms with Crippen LogP contribution in [0.3, 0.4) is 0 Å². The highest BCUT2D eigenvalue weighted by Gasteiger charge is 2.22. The van der Waals surface area contributed by atoms with Crippen molar-refractivity contribution in [2.45, 2.75) is 32.7 Å². The van der Waals surface area contributed by atoms with Gasteiger partial charge in [0.1, 0.15) is 23.9 Å². The molecule has 0 saturated heterocycles. The molecule has 1 saturated carbocycles. The number of pyridine rings is 1. The number of ether oxygens (including phenoxy) is 2. The summed E-state index contributed by atoms with van der Waals surface area (Å²) in [6.45, 7) is 7.21. The van der Waals surface area contributed by atoms with Gasteiger partial charge in [0.2, 0.25) is 0 Å². The Morgan fingerprint density at radius 1 is 1.19 bits per heavy atom. The van der Waals surface area contributed by atoms with Crippen LogP contribution >= 0.6 is 23.8 Å². The predicted molar refractivity (Wildman–Crippen MR) is 147 cm³/mol. The lowest BCUT2D eigenvalue weighted by molar-refractivity contribution is 0.0995. The first-order chi connectivity index (χ1) is 17.4. The Labute approximate surface area is 221 Å². The second-order valence-electron chi connectivity index (χ2n) is 8.53. The Morgan fingerprint density at radius 2 is 1.97 bits per heavy atom. The number of nitrogens with zero attached hydrogens (tertiary/aromatic N) is 2. The van der Waals surface area contributed by atoms with E-state index >= 15 is 0 Å². The van der Waals surface area contributed by atoms with Gasteiger partial charge in [0.15, 0.2) is 5.11 Å². The maximum Gasteiger partial charge on any atom is 0.252 e. The van der Waals surface area contributed by atoms with Gasteiger partial charge in [0.05, 0.1) is 21.8 Å². The maximum absolute atomic E-state index is 12.2. The SMILES string of the molecule is CCN(CC)CCOc1cc2nccc(Oc3ccc(NC(=S)NC4CC4)c(Cl)c3)c2cc1C(N)=O. The number of halogens is 1. The molecule has 0 radical (unpaired) electrons. The zero-order valence-corrected chi connectivity index (χ0v) is 21.9. The minimum atomic E-state index is -0.584. The molecule has 3 aromatic rings. The number of hydrogen-bond acceptors (Lipinski definition) is 6. The zero-order valence-electron chi connectivity index (χ0n) is 20.3. The van der Waals surface area contributed by atoms with E-state index < -0.39 is 5.91 Å². The van der Waals surface area contributed by atoms with E-state index in [4.69, 9.17) is 39.0 Å². The van der Waals surface area contributed by atoms with Gasteiger partial charge in [-0.25, -0.2) is 0 Å². The van der Waals surface area contributed by atoms with Gasteiger partial charge < -0.3 is 30.7 Å². The van der Waals surface area contributed by atoms with Crippen molar-refractivity contribution < 1.29 is 14.3 Å². The summed E-state index contributed by atoms with van der Waals surface area (Å²) < 4.78 is 12.0. The number of carbonyl (C=O) groups excluding carboxylic acids is 1. The van der Waals surface area contributed by atoms with Gasteiger partial charge in [0, 0.05) is 36.3 Å². The third kappa shape index (κ3) is 6.54. The molecule has 0 bridgehead atoms. The monoisotopic (exact) mass is 527 g/mol. The molecule has 1 fully saturated rings. The van der Waals surface area contributed by atoms with E-state index in [1.807, 2.05) is 0 Å². The van der Waals surface area contributed by atoms with E-state index in [0.717, 1.165) is 32.5 Å². The number of aromatic nitrogens is 1. The molecule has 10 heteroatoms. The number of carbonyl (C=O) groups is 1. The van der Waals surface area contributed by atoms with E-state index in [1.165, 1.54) is 0 Å². The lowest BCUT2D eigenvalue weighted by Gasteiger charge is -2.19. The van der Waals surface area contributed by atoms with Crippen LogP contribution in [-0.4, -0.2) is 53.2 Å². The van der Waals surface area contributed by atoms with Crippen LogP contribution in [0.4, 0.5) is 5.69 Å². The topological polar surface area (TPSA) is 102 Å². The number of thiocarbonyl (C=S) groups is 1. The van der Waals surface area contributed by atoms with E-state index in [0.29, 0.717) is 56.6 Å². The van der Waals surface area contributed by atoms with Crippen molar-refractivity contribution in [1.82, 2.24) is 15.2 Å². The highest BCUT2D eigenvalue weighted by molar-refractivity contribution is 7.80. The molecule has 8 nitrogen and oxygen atoms in total. The predicted octanol–water partition coefficient (Wildman–Crippen LogP) is 4.95. The van der Waals surface area contributed by atoms with Crippen LogP contribution in [0.2, 0.25) is 5.02 Å². The minimum Gasteiger partial charge on any atom is -0.491 e. The standard InChI is InChI=1S/C26H30ClN5O3S/c1-3-32(4-2)11-12-34-24-15-22-18(14-19(24)25(28)33)23(9-10-29-22)35-17-7-8-21(20(27)13-17)31-26(36)30-16-5-6-16/h7-10,13-16H,3-6,11-12H2,1-2H3,(H2,28,33)(H2,30,31,36). The normalized spacial score (nSPS) is 13.0. The second-order valence-corrected chi connectivity index (χ2v) is 9.35. The van der Waals surface area contributed by atoms with Gasteiger partial charge in [-0.05, 0) is 62.4 Å². The Balaban J connectivity index is 1.54. The fraction of sp³-hybridized carbons (Fsp3) is 0.346. The molecule has 0 unspecified atom stereocenters. The fourth-order valence-electron chi connectivity index (χ4n) is 3.73. The molecule has 0 spiro atoms. The first kappa shape index (κ1) is 25.9. The van der Waals surface area contributed by atoms with Crippen molar-refractivity contribution in [2.24, 2.45) is 5.73 Å². The minimum absolute atomic E-state index is 0.272. The van der Waals surface area contributed by atoms with Crippen LogP contribution in [0, 0.1) is 0 Å². The van der Waals surface area contributed by atoms with Gasteiger partial charge in [-0.3, -0.25) is 9.78 Å². The molecule has 1 amide bonds. The van der Waals surface area contributed by atoms with Crippen LogP contribution in [0.15, 0.2) is 42.6 Å². The average molecular weight is 528 g/mol. The molecule has 2 aromatic carbocycles. The second kappa shape index (κ2) is 11.7. The van der Waals surface area contributed by atoms with Gasteiger partial charge in [-0.2, -0.15) is 0 Å². The van der Waals surface area contributed by atoms with Crippen LogP contribution in [-0.2, 0) is 0 Å². The molecule has 190 valence electrons. The third-order valence-corrected chi connectivity index (χ3v) is 6.49. The van der Waals surface area contributed by atoms with E-state index in [-0.39, 0.29) is 5.56 Å². The summed E-state index contributed by atoms with van der Waals surface area (Å²) in [5, 5.41) is 7.98. The number of nitrogens with two attached hydrogens (primary N) is 1. The molecule has 0 atom stereocenters. The summed E-state index contributed by atoms with van der Waals surface area (Å²) in [6, 6.07) is 10.9. The molecule has 1 aliphatic carbocycles. The quantitative estimate of drug-likeness (QED) is 0.301. The van der Waals surface area contributed by atoms with Crippen molar-refractivity contribution in [3.05, 3.63) is 53.2 Å². The average Bonchev–Trinajstić information content (AvgIpc) is 3.67. The molecule has 4 rings (SSSR count).